The minimum Gasteiger partial charge on any atom is -0.369 e. The molecular formula is C13H16BrClF3NOS. The van der Waals surface area contributed by atoms with Crippen LogP contribution in [0.4, 0.5) is 13.2 Å². The van der Waals surface area contributed by atoms with Gasteiger partial charge in [0.15, 0.2) is 0 Å². The molecule has 8 heteroatoms. The second-order valence-electron chi connectivity index (χ2n) is 5.13. The fourth-order valence-corrected chi connectivity index (χ4v) is 4.16. The lowest BCUT2D eigenvalue weighted by molar-refractivity contribution is -0.188. The first-order valence-corrected chi connectivity index (χ1v) is 8.67. The maximum Gasteiger partial charge on any atom is 0.411 e. The van der Waals surface area contributed by atoms with Crippen LogP contribution in [-0.4, -0.2) is 24.9 Å². The Morgan fingerprint density at radius 2 is 2.19 bits per heavy atom. The molecule has 2 rings (SSSR count). The third-order valence-electron chi connectivity index (χ3n) is 3.37. The van der Waals surface area contributed by atoms with Crippen LogP contribution in [-0.2, 0) is 11.3 Å². The fraction of sp³-hybridized carbons (Fsp3) is 0.692. The van der Waals surface area contributed by atoms with Crippen LogP contribution in [0.1, 0.15) is 30.6 Å². The highest BCUT2D eigenvalue weighted by atomic mass is 79.9. The zero-order chi connectivity index (χ0) is 15.5. The molecule has 2 unspecified atom stereocenters. The van der Waals surface area contributed by atoms with Crippen LogP contribution < -0.4 is 5.32 Å². The minimum atomic E-state index is -4.25. The average molecular weight is 407 g/mol. The molecule has 0 aromatic carbocycles. The molecule has 2 nitrogen and oxygen atoms in total. The van der Waals surface area contributed by atoms with E-state index in [1.807, 2.05) is 6.07 Å². The lowest BCUT2D eigenvalue weighted by atomic mass is 9.93. The molecule has 0 spiro atoms. The predicted molar refractivity (Wildman–Crippen MR) is 81.9 cm³/mol. The summed E-state index contributed by atoms with van der Waals surface area (Å²) in [4.78, 5) is 1.10. The van der Waals surface area contributed by atoms with E-state index in [-0.39, 0.29) is 12.1 Å². The Labute approximate surface area is 139 Å². The lowest BCUT2D eigenvalue weighted by Gasteiger charge is -2.30. The van der Waals surface area contributed by atoms with E-state index in [4.69, 9.17) is 16.3 Å². The molecular weight excluding hydrogens is 391 g/mol. The van der Waals surface area contributed by atoms with Crippen LogP contribution in [0.3, 0.4) is 0 Å². The predicted octanol–water partition coefficient (Wildman–Crippen LogP) is 5.14. The van der Waals surface area contributed by atoms with E-state index in [1.165, 1.54) is 11.3 Å². The number of rotatable bonds is 5. The number of nitrogens with one attached hydrogen (secondary N) is 1. The van der Waals surface area contributed by atoms with E-state index in [9.17, 15) is 13.2 Å². The van der Waals surface area contributed by atoms with Crippen LogP contribution in [0.25, 0.3) is 0 Å². The monoisotopic (exact) mass is 405 g/mol. The fourth-order valence-electron chi connectivity index (χ4n) is 2.42. The Morgan fingerprint density at radius 1 is 1.43 bits per heavy atom. The Bertz CT molecular complexity index is 449. The quantitative estimate of drug-likeness (QED) is 0.731. The molecule has 0 radical (unpaired) electrons. The molecule has 0 aliphatic heterocycles. The van der Waals surface area contributed by atoms with Gasteiger partial charge in [0.25, 0.3) is 0 Å². The molecule has 1 N–H and O–H groups in total. The molecule has 0 amide bonds. The SMILES string of the molecule is FC(F)(F)COC1CCCC(NCc2cc(Br)c(Cl)s2)C1. The molecule has 0 bridgehead atoms. The smallest absolute Gasteiger partial charge is 0.369 e. The number of ether oxygens (including phenoxy) is 1. The Balaban J connectivity index is 1.76. The maximum atomic E-state index is 12.2. The van der Waals surface area contributed by atoms with Crippen LogP contribution in [0, 0.1) is 0 Å². The highest BCUT2D eigenvalue weighted by Crippen LogP contribution is 2.32. The van der Waals surface area contributed by atoms with Gasteiger partial charge in [-0.1, -0.05) is 11.6 Å². The minimum absolute atomic E-state index is 0.191. The second-order valence-corrected chi connectivity index (χ2v) is 7.72. The summed E-state index contributed by atoms with van der Waals surface area (Å²) < 4.78 is 43.0. The third kappa shape index (κ3) is 6.06. The van der Waals surface area contributed by atoms with Crippen molar-refractivity contribution in [3.05, 3.63) is 19.8 Å². The van der Waals surface area contributed by atoms with Gasteiger partial charge in [-0.3, -0.25) is 0 Å². The van der Waals surface area contributed by atoms with Crippen molar-refractivity contribution in [2.75, 3.05) is 6.61 Å². The molecule has 21 heavy (non-hydrogen) atoms. The molecule has 1 saturated carbocycles. The van der Waals surface area contributed by atoms with Crippen molar-refractivity contribution in [1.29, 1.82) is 0 Å². The molecule has 1 aliphatic carbocycles. The van der Waals surface area contributed by atoms with E-state index >= 15 is 0 Å². The topological polar surface area (TPSA) is 21.3 Å². The van der Waals surface area contributed by atoms with E-state index in [0.717, 1.165) is 22.2 Å². The standard InChI is InChI=1S/C13H16BrClF3NOS/c14-11-5-10(21-12(11)15)6-19-8-2-1-3-9(4-8)20-7-13(16,17)18/h5,8-9,19H,1-4,6-7H2. The van der Waals surface area contributed by atoms with Gasteiger partial charge in [-0.2, -0.15) is 13.2 Å². The second kappa shape index (κ2) is 7.64. The molecule has 2 atom stereocenters. The normalized spacial score (nSPS) is 23.5. The van der Waals surface area contributed by atoms with Crippen LogP contribution in [0.5, 0.6) is 0 Å². The summed E-state index contributed by atoms with van der Waals surface area (Å²) in [5.41, 5.74) is 0. The lowest BCUT2D eigenvalue weighted by Crippen LogP contribution is -2.37. The van der Waals surface area contributed by atoms with E-state index < -0.39 is 12.8 Å². The Kier molecular flexibility index (Phi) is 6.38. The van der Waals surface area contributed by atoms with Crippen LogP contribution >= 0.6 is 38.9 Å². The van der Waals surface area contributed by atoms with Crippen molar-refractivity contribution in [1.82, 2.24) is 5.32 Å². The number of thiophene rings is 1. The summed E-state index contributed by atoms with van der Waals surface area (Å²) in [5.74, 6) is 0. The maximum absolute atomic E-state index is 12.2. The number of hydrogen-bond acceptors (Lipinski definition) is 3. The summed E-state index contributed by atoms with van der Waals surface area (Å²) in [7, 11) is 0. The summed E-state index contributed by atoms with van der Waals surface area (Å²) in [6, 6.07) is 2.15. The van der Waals surface area contributed by atoms with Gasteiger partial charge in [0.05, 0.1) is 6.10 Å². The third-order valence-corrected chi connectivity index (χ3v) is 5.84. The molecule has 0 saturated heterocycles. The highest BCUT2D eigenvalue weighted by Gasteiger charge is 2.31. The zero-order valence-corrected chi connectivity index (χ0v) is 14.3. The van der Waals surface area contributed by atoms with Gasteiger partial charge in [-0.15, -0.1) is 11.3 Å². The van der Waals surface area contributed by atoms with Crippen LogP contribution in [0.15, 0.2) is 10.5 Å². The van der Waals surface area contributed by atoms with Crippen molar-refractivity contribution in [2.24, 2.45) is 0 Å². The van der Waals surface area contributed by atoms with E-state index in [0.29, 0.717) is 23.7 Å². The first kappa shape index (κ1) is 17.5. The number of hydrogen-bond donors (Lipinski definition) is 1. The molecule has 1 fully saturated rings. The van der Waals surface area contributed by atoms with Gasteiger partial charge in [-0.25, -0.2) is 0 Å². The molecule has 120 valence electrons. The van der Waals surface area contributed by atoms with Crippen molar-refractivity contribution in [2.45, 2.75) is 50.6 Å². The van der Waals surface area contributed by atoms with Crippen LogP contribution in [0.2, 0.25) is 4.34 Å². The van der Waals surface area contributed by atoms with Gasteiger partial charge < -0.3 is 10.1 Å². The average Bonchev–Trinajstić information content (AvgIpc) is 2.73. The molecule has 1 aromatic rings. The van der Waals surface area contributed by atoms with E-state index in [2.05, 4.69) is 21.2 Å². The number of alkyl halides is 3. The zero-order valence-electron chi connectivity index (χ0n) is 11.2. The van der Waals surface area contributed by atoms with Crippen molar-refractivity contribution < 1.29 is 17.9 Å². The Hall–Kier alpha value is 0.180. The highest BCUT2D eigenvalue weighted by molar-refractivity contribution is 9.10. The first-order chi connectivity index (χ1) is 9.83. The van der Waals surface area contributed by atoms with Crippen molar-refractivity contribution in [3.8, 4) is 0 Å². The van der Waals surface area contributed by atoms with Gasteiger partial charge in [-0.05, 0) is 47.7 Å². The molecule has 1 aliphatic rings. The summed E-state index contributed by atoms with van der Waals surface area (Å²) in [5, 5.41) is 3.38. The summed E-state index contributed by atoms with van der Waals surface area (Å²) >= 11 is 10.8. The molecule has 1 heterocycles. The summed E-state index contributed by atoms with van der Waals surface area (Å²) in [6.45, 7) is -0.482. The van der Waals surface area contributed by atoms with Crippen molar-refractivity contribution >= 4 is 38.9 Å². The first-order valence-electron chi connectivity index (χ1n) is 6.69. The summed E-state index contributed by atoms with van der Waals surface area (Å²) in [6.07, 6.45) is -1.39. The van der Waals surface area contributed by atoms with Gasteiger partial charge >= 0.3 is 6.18 Å². The number of halogens is 5. The van der Waals surface area contributed by atoms with E-state index in [1.54, 1.807) is 0 Å². The van der Waals surface area contributed by atoms with Gasteiger partial charge in [0.1, 0.15) is 10.9 Å². The molecule has 1 aromatic heterocycles. The largest absolute Gasteiger partial charge is 0.411 e. The van der Waals surface area contributed by atoms with Gasteiger partial charge in [0.2, 0.25) is 0 Å². The van der Waals surface area contributed by atoms with Crippen molar-refractivity contribution in [3.63, 3.8) is 0 Å². The Morgan fingerprint density at radius 3 is 2.81 bits per heavy atom. The van der Waals surface area contributed by atoms with Gasteiger partial charge in [0, 0.05) is 21.9 Å².